The van der Waals surface area contributed by atoms with Crippen molar-refractivity contribution in [2.45, 2.75) is 40.7 Å². The maximum Gasteiger partial charge on any atom is 0.435 e. The van der Waals surface area contributed by atoms with Gasteiger partial charge in [-0.25, -0.2) is 19.2 Å². The minimum Gasteiger partial charge on any atom is -0.497 e. The minimum absolute atomic E-state index is 0.0274. The predicted molar refractivity (Wildman–Crippen MR) is 189 cm³/mol. The average molecular weight is 753 g/mol. The summed E-state index contributed by atoms with van der Waals surface area (Å²) in [6.45, 7) is 6.80. The SMILES string of the molecule is COc1cc(OCCO)c(F)c([C@@H](Nc2ccc(C(N)=NC(=O)OCC(C)(C)C)cc2)c2nc(OCOC(=O)C(C)(C)C(=O)O)n(-c3ncccn3)n2)c1. The molecule has 4 rings (SSSR count). The van der Waals surface area contributed by atoms with Gasteiger partial charge in [0.2, 0.25) is 6.79 Å². The van der Waals surface area contributed by atoms with Crippen molar-refractivity contribution in [3.63, 3.8) is 0 Å². The fraction of sp³-hybridized carbons (Fsp3) is 0.371. The summed E-state index contributed by atoms with van der Waals surface area (Å²) in [5, 5.41) is 26.4. The number of esters is 1. The molecule has 54 heavy (non-hydrogen) atoms. The molecule has 0 unspecified atom stereocenters. The number of anilines is 1. The number of carboxylic acids is 1. The standard InChI is InChI=1S/C35H41FN8O10/c1-34(2,3)18-52-33(49)41-27(37)20-8-10-21(11-9-20)40-26(23-16-22(50-6)17-24(25(23)36)51-15-14-45)28-42-32(44(43-28)31-38-12-7-13-39-31)54-19-53-30(48)35(4,5)29(46)47/h7-13,16-17,26,40,45H,14-15,18-19H2,1-6H3,(H,46,47)(H2,37,41,49)/t26-/m1/s1. The molecule has 0 aliphatic carbocycles. The van der Waals surface area contributed by atoms with Gasteiger partial charge in [0.1, 0.15) is 24.2 Å². The summed E-state index contributed by atoms with van der Waals surface area (Å²) in [7, 11) is 1.37. The van der Waals surface area contributed by atoms with Crippen LogP contribution in [0, 0.1) is 16.6 Å². The quantitative estimate of drug-likeness (QED) is 0.0419. The predicted octanol–water partition coefficient (Wildman–Crippen LogP) is 3.66. The number of nitrogens with one attached hydrogen (secondary N) is 1. The maximum absolute atomic E-state index is 16.3. The highest BCUT2D eigenvalue weighted by Gasteiger charge is 2.38. The largest absolute Gasteiger partial charge is 0.497 e. The molecule has 2 aromatic heterocycles. The van der Waals surface area contributed by atoms with E-state index in [9.17, 15) is 24.6 Å². The van der Waals surface area contributed by atoms with E-state index in [4.69, 9.17) is 29.4 Å². The van der Waals surface area contributed by atoms with E-state index in [1.807, 2.05) is 20.8 Å². The number of aliphatic imine (C=N–C) groups is 1. The summed E-state index contributed by atoms with van der Waals surface area (Å²) in [6, 6.07) is 9.02. The summed E-state index contributed by atoms with van der Waals surface area (Å²) in [6.07, 6.45) is 2.00. The average Bonchev–Trinajstić information content (AvgIpc) is 3.56. The second-order valence-corrected chi connectivity index (χ2v) is 13.2. The normalized spacial score (nSPS) is 12.4. The first-order chi connectivity index (χ1) is 25.5. The van der Waals surface area contributed by atoms with E-state index in [0.29, 0.717) is 11.3 Å². The molecule has 0 spiro atoms. The zero-order chi connectivity index (χ0) is 39.6. The highest BCUT2D eigenvalue weighted by atomic mass is 19.1. The number of benzene rings is 2. The Morgan fingerprint density at radius 3 is 2.33 bits per heavy atom. The lowest BCUT2D eigenvalue weighted by Gasteiger charge is -2.21. The van der Waals surface area contributed by atoms with Crippen LogP contribution in [0.3, 0.4) is 0 Å². The number of hydrogen-bond acceptors (Lipinski definition) is 14. The number of amides is 1. The monoisotopic (exact) mass is 752 g/mol. The molecular weight excluding hydrogens is 711 g/mol. The third-order valence-corrected chi connectivity index (χ3v) is 7.29. The third-order valence-electron chi connectivity index (χ3n) is 7.29. The molecule has 1 atom stereocenters. The van der Waals surface area contributed by atoms with Crippen molar-refractivity contribution < 1.29 is 52.7 Å². The molecule has 4 aromatic rings. The number of aromatic nitrogens is 5. The van der Waals surface area contributed by atoms with E-state index in [1.165, 1.54) is 45.5 Å². The smallest absolute Gasteiger partial charge is 0.435 e. The van der Waals surface area contributed by atoms with Gasteiger partial charge in [-0.2, -0.15) is 9.98 Å². The van der Waals surface area contributed by atoms with E-state index in [-0.39, 0.29) is 59.3 Å². The number of amidine groups is 1. The van der Waals surface area contributed by atoms with Gasteiger partial charge in [-0.05, 0) is 55.7 Å². The van der Waals surface area contributed by atoms with Gasteiger partial charge >= 0.3 is 24.0 Å². The van der Waals surface area contributed by atoms with Crippen LogP contribution in [0.25, 0.3) is 5.95 Å². The maximum atomic E-state index is 16.3. The lowest BCUT2D eigenvalue weighted by molar-refractivity contribution is -0.170. The number of methoxy groups -OCH3 is 1. The molecule has 2 aromatic carbocycles. The zero-order valence-corrected chi connectivity index (χ0v) is 30.4. The Labute approximate surface area is 309 Å². The van der Waals surface area contributed by atoms with Gasteiger partial charge in [-0.1, -0.05) is 20.8 Å². The van der Waals surface area contributed by atoms with Gasteiger partial charge in [0.25, 0.3) is 5.95 Å². The second-order valence-electron chi connectivity index (χ2n) is 13.2. The summed E-state index contributed by atoms with van der Waals surface area (Å²) < 4.78 is 44.1. The van der Waals surface area contributed by atoms with Gasteiger partial charge in [0.15, 0.2) is 22.8 Å². The van der Waals surface area contributed by atoms with Crippen LogP contribution >= 0.6 is 0 Å². The molecular formula is C35H41FN8O10. The number of ether oxygens (including phenoxy) is 5. The molecule has 288 valence electrons. The van der Waals surface area contributed by atoms with Crippen molar-refractivity contribution in [3.8, 4) is 23.5 Å². The molecule has 0 saturated heterocycles. The Bertz CT molecular complexity index is 1960. The molecule has 0 radical (unpaired) electrons. The number of carbonyl (C=O) groups is 3. The van der Waals surface area contributed by atoms with E-state index in [2.05, 4.69) is 30.4 Å². The first-order valence-electron chi connectivity index (χ1n) is 16.3. The van der Waals surface area contributed by atoms with Crippen molar-refractivity contribution in [2.75, 3.05) is 39.0 Å². The highest BCUT2D eigenvalue weighted by molar-refractivity contribution is 6.03. The summed E-state index contributed by atoms with van der Waals surface area (Å²) in [5.41, 5.74) is 4.64. The topological polar surface area (TPSA) is 245 Å². The number of hydrogen-bond donors (Lipinski definition) is 4. The van der Waals surface area contributed by atoms with Crippen molar-refractivity contribution in [1.29, 1.82) is 0 Å². The molecule has 1 amide bonds. The molecule has 18 nitrogen and oxygen atoms in total. The van der Waals surface area contributed by atoms with Crippen molar-refractivity contribution in [3.05, 3.63) is 77.6 Å². The molecule has 2 heterocycles. The molecule has 0 fully saturated rings. The third kappa shape index (κ3) is 10.4. The number of halogens is 1. The fourth-order valence-corrected chi connectivity index (χ4v) is 4.30. The van der Waals surface area contributed by atoms with Gasteiger partial charge < -0.3 is 44.9 Å². The lowest BCUT2D eigenvalue weighted by atomic mass is 9.94. The van der Waals surface area contributed by atoms with Crippen LogP contribution in [-0.4, -0.2) is 92.5 Å². The number of aliphatic hydroxyl groups excluding tert-OH is 1. The van der Waals surface area contributed by atoms with E-state index in [0.717, 1.165) is 4.68 Å². The van der Waals surface area contributed by atoms with Gasteiger partial charge in [-0.3, -0.25) is 9.59 Å². The second kappa shape index (κ2) is 17.4. The molecule has 5 N–H and O–H groups in total. The lowest BCUT2D eigenvalue weighted by Crippen LogP contribution is -2.35. The first-order valence-corrected chi connectivity index (χ1v) is 16.3. The number of nitrogens with zero attached hydrogens (tertiary/aromatic N) is 6. The highest BCUT2D eigenvalue weighted by Crippen LogP contribution is 2.36. The van der Waals surface area contributed by atoms with Crippen LogP contribution in [0.1, 0.15) is 57.6 Å². The summed E-state index contributed by atoms with van der Waals surface area (Å²) >= 11 is 0. The van der Waals surface area contributed by atoms with Crippen LogP contribution < -0.4 is 25.3 Å². The Morgan fingerprint density at radius 1 is 1.04 bits per heavy atom. The van der Waals surface area contributed by atoms with Gasteiger partial charge in [-0.15, -0.1) is 9.78 Å². The fourth-order valence-electron chi connectivity index (χ4n) is 4.30. The van der Waals surface area contributed by atoms with Crippen LogP contribution in [0.5, 0.6) is 17.5 Å². The van der Waals surface area contributed by atoms with Crippen LogP contribution in [-0.2, 0) is 19.1 Å². The summed E-state index contributed by atoms with van der Waals surface area (Å²) in [4.78, 5) is 52.8. The first kappa shape index (κ1) is 40.4. The van der Waals surface area contributed by atoms with Gasteiger partial charge in [0.05, 0.1) is 20.3 Å². The number of aliphatic hydroxyl groups is 1. The van der Waals surface area contributed by atoms with Crippen LogP contribution in [0.2, 0.25) is 0 Å². The number of rotatable bonds is 16. The number of nitrogens with two attached hydrogens (primary N) is 1. The number of aliphatic carboxylic acids is 1. The molecule has 19 heteroatoms. The Balaban J connectivity index is 1.76. The van der Waals surface area contributed by atoms with Crippen LogP contribution in [0.4, 0.5) is 14.9 Å². The number of carbonyl (C=O) groups excluding carboxylic acids is 2. The van der Waals surface area contributed by atoms with E-state index in [1.54, 1.807) is 30.3 Å². The van der Waals surface area contributed by atoms with E-state index >= 15 is 4.39 Å². The number of carboxylic acid groups (broad SMARTS) is 1. The van der Waals surface area contributed by atoms with Crippen molar-refractivity contribution >= 4 is 29.6 Å². The van der Waals surface area contributed by atoms with E-state index < -0.39 is 48.7 Å². The van der Waals surface area contributed by atoms with Crippen molar-refractivity contribution in [1.82, 2.24) is 24.7 Å². The zero-order valence-electron chi connectivity index (χ0n) is 30.4. The van der Waals surface area contributed by atoms with Crippen molar-refractivity contribution in [2.24, 2.45) is 21.6 Å². The summed E-state index contributed by atoms with van der Waals surface area (Å²) in [5.74, 6) is -3.61. The Hall–Kier alpha value is -6.37. The molecule has 0 saturated carbocycles. The van der Waals surface area contributed by atoms with Crippen LogP contribution in [0.15, 0.2) is 59.9 Å². The molecule has 0 bridgehead atoms. The Kier molecular flexibility index (Phi) is 13.0. The molecule has 0 aliphatic heterocycles. The minimum atomic E-state index is -1.87. The Morgan fingerprint density at radius 2 is 1.72 bits per heavy atom. The molecule has 0 aliphatic rings. The van der Waals surface area contributed by atoms with Gasteiger partial charge in [0, 0.05) is 35.3 Å².